The molecule has 0 aromatic heterocycles. The minimum absolute atomic E-state index is 0.293. The van der Waals surface area contributed by atoms with Crippen LogP contribution in [0.3, 0.4) is 0 Å². The molecule has 0 atom stereocenters. The van der Waals surface area contributed by atoms with Crippen LogP contribution in [0.4, 0.5) is 0 Å². The largest absolute Gasteiger partial charge is 0.374 e. The van der Waals surface area contributed by atoms with Crippen LogP contribution in [0.5, 0.6) is 0 Å². The van der Waals surface area contributed by atoms with Crippen LogP contribution in [0.15, 0.2) is 15.0 Å². The standard InChI is InChI=1S/C13H26N4/c1-12(2)16-10-14-8-6-5-7-9-15-11-17-13(3)4/h10,12-13H,5-9H2,1-4H3,(H,14,16). The summed E-state index contributed by atoms with van der Waals surface area (Å²) in [5.41, 5.74) is 0. The molecule has 0 aliphatic heterocycles. The van der Waals surface area contributed by atoms with Gasteiger partial charge in [0.25, 0.3) is 0 Å². The van der Waals surface area contributed by atoms with Crippen molar-refractivity contribution in [2.45, 2.75) is 59.0 Å². The van der Waals surface area contributed by atoms with Crippen molar-refractivity contribution in [3.63, 3.8) is 0 Å². The molecule has 98 valence electrons. The smallest absolute Gasteiger partial charge is 0.0895 e. The van der Waals surface area contributed by atoms with Crippen molar-refractivity contribution in [3.05, 3.63) is 0 Å². The maximum atomic E-state index is 4.27. The van der Waals surface area contributed by atoms with Crippen molar-refractivity contribution < 1.29 is 0 Å². The molecular formula is C13H26N4. The molecule has 0 spiro atoms. The number of aliphatic imine (C=N–C) groups is 3. The Bertz CT molecular complexity index is 250. The molecule has 0 rings (SSSR count). The van der Waals surface area contributed by atoms with Crippen molar-refractivity contribution in [1.29, 1.82) is 0 Å². The van der Waals surface area contributed by atoms with Crippen LogP contribution in [0.25, 0.3) is 0 Å². The molecule has 0 heterocycles. The minimum Gasteiger partial charge on any atom is -0.374 e. The number of nitrogens with zero attached hydrogens (tertiary/aromatic N) is 3. The van der Waals surface area contributed by atoms with E-state index in [-0.39, 0.29) is 0 Å². The summed E-state index contributed by atoms with van der Waals surface area (Å²) in [4.78, 5) is 12.4. The summed E-state index contributed by atoms with van der Waals surface area (Å²) in [7, 11) is 0. The molecule has 0 amide bonds. The molecule has 1 N–H and O–H groups in total. The fraction of sp³-hybridized carbons (Fsp3) is 0.846. The zero-order valence-electron chi connectivity index (χ0n) is 11.6. The second-order valence-electron chi connectivity index (χ2n) is 4.62. The first-order valence-corrected chi connectivity index (χ1v) is 6.48. The Hall–Kier alpha value is -1.15. The molecule has 0 aromatic carbocycles. The van der Waals surface area contributed by atoms with E-state index >= 15 is 0 Å². The molecule has 17 heavy (non-hydrogen) atoms. The van der Waals surface area contributed by atoms with E-state index in [1.807, 2.05) is 13.8 Å². The molecule has 0 saturated carbocycles. The molecule has 0 bridgehead atoms. The Morgan fingerprint density at radius 1 is 1.06 bits per heavy atom. The fourth-order valence-electron chi connectivity index (χ4n) is 1.04. The second kappa shape index (κ2) is 11.3. The molecule has 0 aliphatic carbocycles. The number of unbranched alkanes of at least 4 members (excludes halogenated alkanes) is 2. The molecule has 0 fully saturated rings. The third-order valence-electron chi connectivity index (χ3n) is 1.94. The summed E-state index contributed by atoms with van der Waals surface area (Å²) < 4.78 is 0. The molecule has 0 unspecified atom stereocenters. The molecule has 4 nitrogen and oxygen atoms in total. The third-order valence-corrected chi connectivity index (χ3v) is 1.94. The van der Waals surface area contributed by atoms with E-state index < -0.39 is 0 Å². The van der Waals surface area contributed by atoms with Crippen molar-refractivity contribution in [2.75, 3.05) is 13.1 Å². The van der Waals surface area contributed by atoms with Gasteiger partial charge in [-0.1, -0.05) is 0 Å². The Morgan fingerprint density at radius 3 is 2.41 bits per heavy atom. The predicted octanol–water partition coefficient (Wildman–Crippen LogP) is 2.77. The summed E-state index contributed by atoms with van der Waals surface area (Å²) in [6.07, 6.45) is 5.17. The highest BCUT2D eigenvalue weighted by atomic mass is 14.9. The normalized spacial score (nSPS) is 10.9. The van der Waals surface area contributed by atoms with Crippen LogP contribution in [-0.2, 0) is 0 Å². The zero-order valence-corrected chi connectivity index (χ0v) is 11.6. The first-order chi connectivity index (χ1) is 8.13. The van der Waals surface area contributed by atoms with Crippen LogP contribution < -0.4 is 5.32 Å². The van der Waals surface area contributed by atoms with Crippen LogP contribution in [-0.4, -0.2) is 37.5 Å². The summed E-state index contributed by atoms with van der Waals surface area (Å²) in [5.74, 6) is 0. The summed E-state index contributed by atoms with van der Waals surface area (Å²) in [6.45, 7) is 9.95. The van der Waals surface area contributed by atoms with Gasteiger partial charge in [-0.2, -0.15) is 0 Å². The number of nitrogens with one attached hydrogen (secondary N) is 1. The van der Waals surface area contributed by atoms with Crippen LogP contribution in [0.2, 0.25) is 0 Å². The molecule has 0 aromatic rings. The van der Waals surface area contributed by atoms with Gasteiger partial charge >= 0.3 is 0 Å². The Balaban J connectivity index is 3.30. The van der Waals surface area contributed by atoms with Gasteiger partial charge in [-0.3, -0.25) is 4.99 Å². The molecule has 0 radical (unpaired) electrons. The van der Waals surface area contributed by atoms with Gasteiger partial charge in [0, 0.05) is 19.1 Å². The molecule has 4 heteroatoms. The molecule has 0 saturated heterocycles. The predicted molar refractivity (Wildman–Crippen MR) is 75.3 cm³/mol. The third kappa shape index (κ3) is 14.8. The van der Waals surface area contributed by atoms with E-state index in [4.69, 9.17) is 0 Å². The van der Waals surface area contributed by atoms with Gasteiger partial charge in [0.05, 0.1) is 18.4 Å². The molecular weight excluding hydrogens is 212 g/mol. The average molecular weight is 238 g/mol. The van der Waals surface area contributed by atoms with Gasteiger partial charge in [-0.15, -0.1) is 0 Å². The highest BCUT2D eigenvalue weighted by molar-refractivity contribution is 5.54. The monoisotopic (exact) mass is 238 g/mol. The van der Waals surface area contributed by atoms with E-state index in [9.17, 15) is 0 Å². The first-order valence-electron chi connectivity index (χ1n) is 6.48. The quantitative estimate of drug-likeness (QED) is 0.375. The fourth-order valence-corrected chi connectivity index (χ4v) is 1.04. The van der Waals surface area contributed by atoms with E-state index in [0.717, 1.165) is 32.4 Å². The lowest BCUT2D eigenvalue weighted by Crippen LogP contribution is -2.20. The number of hydrogen-bond acceptors (Lipinski definition) is 3. The maximum Gasteiger partial charge on any atom is 0.0895 e. The van der Waals surface area contributed by atoms with Crippen molar-refractivity contribution in [1.82, 2.24) is 5.32 Å². The summed E-state index contributed by atoms with van der Waals surface area (Å²) in [6, 6.07) is 3.48. The van der Waals surface area contributed by atoms with Crippen LogP contribution >= 0.6 is 0 Å². The van der Waals surface area contributed by atoms with Gasteiger partial charge in [-0.25, -0.2) is 9.98 Å². The Kier molecular flexibility index (Phi) is 10.6. The maximum absolute atomic E-state index is 4.27. The van der Waals surface area contributed by atoms with Crippen molar-refractivity contribution in [3.8, 4) is 0 Å². The lowest BCUT2D eigenvalue weighted by molar-refractivity contribution is 0.691. The van der Waals surface area contributed by atoms with E-state index in [1.54, 1.807) is 6.34 Å². The Morgan fingerprint density at radius 2 is 1.76 bits per heavy atom. The Labute approximate surface area is 105 Å². The van der Waals surface area contributed by atoms with Crippen LogP contribution in [0, 0.1) is 0 Å². The number of hydrogen-bond donors (Lipinski definition) is 1. The van der Waals surface area contributed by atoms with E-state index in [1.165, 1.54) is 0 Å². The average Bonchev–Trinajstić information content (AvgIpc) is 2.25. The minimum atomic E-state index is 0.293. The highest BCUT2D eigenvalue weighted by Crippen LogP contribution is 1.95. The van der Waals surface area contributed by atoms with Gasteiger partial charge in [0.2, 0.25) is 0 Å². The van der Waals surface area contributed by atoms with Crippen molar-refractivity contribution in [2.24, 2.45) is 15.0 Å². The topological polar surface area (TPSA) is 49.1 Å². The van der Waals surface area contributed by atoms with Gasteiger partial charge in [-0.05, 0) is 47.0 Å². The second-order valence-corrected chi connectivity index (χ2v) is 4.62. The number of rotatable bonds is 9. The zero-order chi connectivity index (χ0) is 12.9. The van der Waals surface area contributed by atoms with Crippen molar-refractivity contribution >= 4 is 12.3 Å². The van der Waals surface area contributed by atoms with E-state index in [2.05, 4.69) is 40.1 Å². The SMILES string of the molecule is CC(C)N=C=NCCCCCN=CNC(C)C. The lowest BCUT2D eigenvalue weighted by atomic mass is 10.2. The summed E-state index contributed by atoms with van der Waals surface area (Å²) in [5, 5.41) is 3.14. The van der Waals surface area contributed by atoms with Gasteiger partial charge in [0.15, 0.2) is 0 Å². The highest BCUT2D eigenvalue weighted by Gasteiger charge is 1.87. The van der Waals surface area contributed by atoms with Gasteiger partial charge in [0.1, 0.15) is 0 Å². The summed E-state index contributed by atoms with van der Waals surface area (Å²) >= 11 is 0. The molecule has 0 aliphatic rings. The first kappa shape index (κ1) is 15.9. The lowest BCUT2D eigenvalue weighted by Gasteiger charge is -2.01. The van der Waals surface area contributed by atoms with E-state index in [0.29, 0.717) is 12.1 Å². The van der Waals surface area contributed by atoms with Gasteiger partial charge < -0.3 is 5.32 Å². The van der Waals surface area contributed by atoms with Crippen LogP contribution in [0.1, 0.15) is 47.0 Å².